The van der Waals surface area contributed by atoms with Crippen molar-refractivity contribution in [2.45, 2.75) is 62.7 Å². The highest BCUT2D eigenvalue weighted by atomic mass is 35.5. The molecule has 2 fully saturated rings. The zero-order chi connectivity index (χ0) is 14.7. The van der Waals surface area contributed by atoms with Crippen molar-refractivity contribution in [2.75, 3.05) is 7.11 Å². The number of halogens is 1. The summed E-state index contributed by atoms with van der Waals surface area (Å²) in [5.41, 5.74) is 3.69. The Bertz CT molecular complexity index is 448. The van der Waals surface area contributed by atoms with E-state index < -0.39 is 7.26 Å². The second-order valence-corrected chi connectivity index (χ2v) is 10.9. The summed E-state index contributed by atoms with van der Waals surface area (Å²) in [5.74, 6) is 1.06. The fourth-order valence-electron chi connectivity index (χ4n) is 4.52. The number of benzene rings is 1. The molecule has 1 aromatic carbocycles. The van der Waals surface area contributed by atoms with Crippen LogP contribution in [0, 0.1) is 5.62 Å². The summed E-state index contributed by atoms with van der Waals surface area (Å²) >= 11 is 6.62. The third-order valence-electron chi connectivity index (χ3n) is 5.52. The Labute approximate surface area is 134 Å². The lowest BCUT2D eigenvalue weighted by atomic mass is 10.3. The summed E-state index contributed by atoms with van der Waals surface area (Å²) < 4.78 is 5.72. The van der Waals surface area contributed by atoms with Gasteiger partial charge in [-0.15, -0.1) is 0 Å². The van der Waals surface area contributed by atoms with E-state index in [1.54, 1.807) is 7.11 Å². The molecule has 0 radical (unpaired) electrons. The maximum Gasteiger partial charge on any atom is 0.158 e. The summed E-state index contributed by atoms with van der Waals surface area (Å²) in [7, 11) is 0.333. The smallest absolute Gasteiger partial charge is 0.158 e. The summed E-state index contributed by atoms with van der Waals surface area (Å²) in [5, 5.41) is 1.43. The Morgan fingerprint density at radius 3 is 2.00 bits per heavy atom. The lowest BCUT2D eigenvalue weighted by Crippen LogP contribution is -2.29. The molecule has 1 aromatic rings. The average Bonchev–Trinajstić information content (AvgIpc) is 3.23. The van der Waals surface area contributed by atoms with Crippen molar-refractivity contribution in [2.24, 2.45) is 0 Å². The zero-order valence-corrected chi connectivity index (χ0v) is 14.6. The molecule has 0 saturated heterocycles. The molecule has 0 atom stereocenters. The van der Waals surface area contributed by atoms with Crippen LogP contribution in [0.3, 0.4) is 0 Å². The molecule has 0 bridgehead atoms. The van der Waals surface area contributed by atoms with Crippen molar-refractivity contribution < 1.29 is 4.74 Å². The van der Waals surface area contributed by atoms with Crippen LogP contribution in [-0.2, 0) is 0 Å². The Balaban J connectivity index is 2.09. The predicted molar refractivity (Wildman–Crippen MR) is 94.2 cm³/mol. The van der Waals surface area contributed by atoms with Crippen LogP contribution < -0.4 is 10.0 Å². The number of hydrogen-bond acceptors (Lipinski definition) is 1. The molecular formula is C18H26ClOP. The molecule has 0 N–H and O–H groups in total. The highest BCUT2D eigenvalue weighted by Gasteiger charge is 2.49. The van der Waals surface area contributed by atoms with E-state index in [0.29, 0.717) is 0 Å². The van der Waals surface area contributed by atoms with Gasteiger partial charge in [-0.25, -0.2) is 0 Å². The SMILES string of the molecule is COc1ccccc1[P+]([CH-]Cl)(C1CCCC1)C1CCCC1. The van der Waals surface area contributed by atoms with Crippen molar-refractivity contribution in [3.63, 3.8) is 0 Å². The lowest BCUT2D eigenvalue weighted by molar-refractivity contribution is 0.418. The summed E-state index contributed by atoms with van der Waals surface area (Å²) in [6.07, 6.45) is 10.9. The minimum atomic E-state index is -1.46. The molecule has 2 aliphatic carbocycles. The normalized spacial score (nSPS) is 21.0. The average molecular weight is 325 g/mol. The van der Waals surface area contributed by atoms with Gasteiger partial charge in [-0.1, -0.05) is 25.0 Å². The first-order valence-corrected chi connectivity index (χ1v) is 10.7. The van der Waals surface area contributed by atoms with Crippen LogP contribution in [0.4, 0.5) is 0 Å². The van der Waals surface area contributed by atoms with Gasteiger partial charge < -0.3 is 16.3 Å². The highest BCUT2D eigenvalue weighted by Crippen LogP contribution is 2.75. The fraction of sp³-hybridized carbons (Fsp3) is 0.611. The van der Waals surface area contributed by atoms with Crippen LogP contribution in [0.1, 0.15) is 51.4 Å². The molecule has 0 unspecified atom stereocenters. The number of ether oxygens (including phenoxy) is 1. The predicted octanol–water partition coefficient (Wildman–Crippen LogP) is 5.58. The molecule has 21 heavy (non-hydrogen) atoms. The van der Waals surface area contributed by atoms with Crippen LogP contribution in [0.2, 0.25) is 0 Å². The Morgan fingerprint density at radius 1 is 1.00 bits per heavy atom. The van der Waals surface area contributed by atoms with E-state index in [0.717, 1.165) is 17.1 Å². The molecule has 2 saturated carbocycles. The molecule has 3 rings (SSSR count). The second-order valence-electron chi connectivity index (χ2n) is 6.48. The Kier molecular flexibility index (Phi) is 5.12. The van der Waals surface area contributed by atoms with Gasteiger partial charge in [0.2, 0.25) is 0 Å². The van der Waals surface area contributed by atoms with E-state index in [9.17, 15) is 0 Å². The molecule has 0 aliphatic heterocycles. The van der Waals surface area contributed by atoms with Crippen molar-refractivity contribution in [1.82, 2.24) is 0 Å². The Hall–Kier alpha value is -0.260. The standard InChI is InChI=1S/C18H26ClOP/c1-20-17-12-6-7-13-18(17)21(14-19,15-8-2-3-9-15)16-10-4-5-11-16/h6-7,12-16H,2-5,8-11H2,1H3. The molecule has 0 aromatic heterocycles. The van der Waals surface area contributed by atoms with Crippen LogP contribution in [0.5, 0.6) is 5.75 Å². The van der Waals surface area contributed by atoms with Crippen LogP contribution in [0.15, 0.2) is 24.3 Å². The first-order chi connectivity index (χ1) is 10.3. The van der Waals surface area contributed by atoms with Crippen LogP contribution >= 0.6 is 18.9 Å². The monoisotopic (exact) mass is 324 g/mol. The minimum Gasteiger partial charge on any atom is -0.493 e. The zero-order valence-electron chi connectivity index (χ0n) is 12.9. The van der Waals surface area contributed by atoms with E-state index in [2.05, 4.69) is 29.9 Å². The largest absolute Gasteiger partial charge is 0.493 e. The van der Waals surface area contributed by atoms with E-state index in [1.807, 2.05) is 0 Å². The number of para-hydroxylation sites is 1. The number of hydrogen-bond donors (Lipinski definition) is 0. The van der Waals surface area contributed by atoms with Gasteiger partial charge in [0.25, 0.3) is 0 Å². The third kappa shape index (κ3) is 2.73. The molecule has 0 amide bonds. The summed E-state index contributed by atoms with van der Waals surface area (Å²) in [6.45, 7) is 0. The maximum atomic E-state index is 6.62. The van der Waals surface area contributed by atoms with Crippen LogP contribution in [0.25, 0.3) is 0 Å². The van der Waals surface area contributed by atoms with Crippen molar-refractivity contribution >= 4 is 24.2 Å². The van der Waals surface area contributed by atoms with Gasteiger partial charge in [-0.3, -0.25) is 0 Å². The molecule has 3 heteroatoms. The van der Waals surface area contributed by atoms with Crippen molar-refractivity contribution in [1.29, 1.82) is 0 Å². The molecule has 2 aliphatic rings. The third-order valence-corrected chi connectivity index (χ3v) is 11.5. The van der Waals surface area contributed by atoms with E-state index in [1.165, 1.54) is 56.7 Å². The molecular weight excluding hydrogens is 299 g/mol. The van der Waals surface area contributed by atoms with Gasteiger partial charge in [-0.2, -0.15) is 0 Å². The van der Waals surface area contributed by atoms with Gasteiger partial charge in [0.1, 0.15) is 5.30 Å². The van der Waals surface area contributed by atoms with Crippen LogP contribution in [-0.4, -0.2) is 18.4 Å². The van der Waals surface area contributed by atoms with E-state index in [4.69, 9.17) is 16.3 Å². The van der Waals surface area contributed by atoms with Crippen molar-refractivity contribution in [3.8, 4) is 5.75 Å². The lowest BCUT2D eigenvalue weighted by Gasteiger charge is -2.44. The van der Waals surface area contributed by atoms with Gasteiger partial charge in [0.05, 0.1) is 7.11 Å². The van der Waals surface area contributed by atoms with Gasteiger partial charge in [0.15, 0.2) is 5.75 Å². The highest BCUT2D eigenvalue weighted by molar-refractivity contribution is 7.87. The van der Waals surface area contributed by atoms with Crippen molar-refractivity contribution in [3.05, 3.63) is 29.9 Å². The summed E-state index contributed by atoms with van der Waals surface area (Å²) in [4.78, 5) is 0. The molecule has 0 heterocycles. The van der Waals surface area contributed by atoms with Gasteiger partial charge in [-0.05, 0) is 63.5 Å². The quantitative estimate of drug-likeness (QED) is 0.507. The first kappa shape index (κ1) is 15.6. The number of rotatable bonds is 5. The molecule has 116 valence electrons. The second kappa shape index (κ2) is 6.88. The molecule has 0 spiro atoms. The molecule has 1 nitrogen and oxygen atoms in total. The Morgan fingerprint density at radius 2 is 1.52 bits per heavy atom. The van der Waals surface area contributed by atoms with E-state index in [-0.39, 0.29) is 0 Å². The van der Waals surface area contributed by atoms with Gasteiger partial charge >= 0.3 is 0 Å². The van der Waals surface area contributed by atoms with E-state index >= 15 is 0 Å². The fourth-order valence-corrected chi connectivity index (χ4v) is 10.9. The van der Waals surface area contributed by atoms with Gasteiger partial charge in [0, 0.05) is 11.3 Å². The topological polar surface area (TPSA) is 9.23 Å². The minimum absolute atomic E-state index is 0.786. The first-order valence-electron chi connectivity index (χ1n) is 8.29. The maximum absolute atomic E-state index is 6.62. The number of methoxy groups -OCH3 is 1. The summed E-state index contributed by atoms with van der Waals surface area (Å²) in [6, 6.07) is 8.65.